The van der Waals surface area contributed by atoms with Crippen molar-refractivity contribution in [1.29, 1.82) is 0 Å². The molecule has 2 aromatic heterocycles. The minimum absolute atomic E-state index is 0.129. The summed E-state index contributed by atoms with van der Waals surface area (Å²) in [4.78, 5) is 14.2. The van der Waals surface area contributed by atoms with Crippen LogP contribution in [0.4, 0.5) is 0 Å². The summed E-state index contributed by atoms with van der Waals surface area (Å²) in [5.74, 6) is 1.21. The molecule has 0 spiro atoms. The molecule has 0 saturated heterocycles. The first-order valence-corrected chi connectivity index (χ1v) is 11.9. The van der Waals surface area contributed by atoms with Gasteiger partial charge in [-0.3, -0.25) is 14.5 Å². The highest BCUT2D eigenvalue weighted by Crippen LogP contribution is 2.49. The van der Waals surface area contributed by atoms with Crippen molar-refractivity contribution in [2.24, 2.45) is 4.99 Å². The van der Waals surface area contributed by atoms with Crippen LogP contribution in [0.1, 0.15) is 23.1 Å². The number of fused-ring (bicyclic) bond motifs is 6. The van der Waals surface area contributed by atoms with E-state index in [0.717, 1.165) is 28.3 Å². The van der Waals surface area contributed by atoms with Gasteiger partial charge in [0.15, 0.2) is 0 Å². The van der Waals surface area contributed by atoms with E-state index >= 15 is 0 Å². The average molecular weight is 451 g/mol. The second-order valence-corrected chi connectivity index (χ2v) is 8.94. The summed E-state index contributed by atoms with van der Waals surface area (Å²) in [7, 11) is 0. The van der Waals surface area contributed by atoms with Crippen LogP contribution in [0, 0.1) is 0 Å². The Morgan fingerprint density at radius 3 is 2.31 bits per heavy atom. The molecule has 3 heterocycles. The van der Waals surface area contributed by atoms with Crippen LogP contribution in [0.5, 0.6) is 0 Å². The zero-order valence-electron chi connectivity index (χ0n) is 19.0. The Morgan fingerprint density at radius 1 is 0.714 bits per heavy atom. The molecule has 0 radical (unpaired) electrons. The Kier molecular flexibility index (Phi) is 4.56. The number of hydrogen-bond donors (Lipinski definition) is 0. The topological polar surface area (TPSA) is 43.1 Å². The summed E-state index contributed by atoms with van der Waals surface area (Å²) in [6, 6.07) is 31.8. The van der Waals surface area contributed by atoms with E-state index in [1.54, 1.807) is 0 Å². The van der Waals surface area contributed by atoms with Crippen LogP contribution in [0.2, 0.25) is 0 Å². The molecule has 5 aromatic rings. The SMILES string of the molecule is C1=CC2c3c(nc(-c4ccccc4)n3-c3cccc(-c4ccccc4)c3)-c3ccncc3C2C=N1. The average Bonchev–Trinajstić information content (AvgIpc) is 3.36. The number of rotatable bonds is 3. The molecule has 0 saturated carbocycles. The molecular formula is C31H22N4. The van der Waals surface area contributed by atoms with Gasteiger partial charge in [0.1, 0.15) is 5.82 Å². The molecule has 1 aliphatic heterocycles. The van der Waals surface area contributed by atoms with Gasteiger partial charge in [-0.2, -0.15) is 0 Å². The lowest BCUT2D eigenvalue weighted by atomic mass is 9.76. The van der Waals surface area contributed by atoms with Gasteiger partial charge < -0.3 is 0 Å². The number of nitrogens with zero attached hydrogens (tertiary/aromatic N) is 4. The minimum Gasteiger partial charge on any atom is -0.295 e. The quantitative estimate of drug-likeness (QED) is 0.296. The van der Waals surface area contributed by atoms with Crippen molar-refractivity contribution in [2.45, 2.75) is 11.8 Å². The van der Waals surface area contributed by atoms with Crippen LogP contribution in [0.3, 0.4) is 0 Å². The first kappa shape index (κ1) is 19.9. The molecule has 0 fully saturated rings. The molecule has 166 valence electrons. The number of imidazole rings is 1. The van der Waals surface area contributed by atoms with Gasteiger partial charge in [-0.25, -0.2) is 4.98 Å². The second kappa shape index (κ2) is 8.03. The molecule has 1 aliphatic carbocycles. The van der Waals surface area contributed by atoms with Crippen molar-refractivity contribution in [2.75, 3.05) is 0 Å². The number of allylic oxidation sites excluding steroid dienone is 1. The van der Waals surface area contributed by atoms with E-state index in [4.69, 9.17) is 4.98 Å². The smallest absolute Gasteiger partial charge is 0.145 e. The molecule has 4 nitrogen and oxygen atoms in total. The summed E-state index contributed by atoms with van der Waals surface area (Å²) in [5, 5.41) is 0. The fraction of sp³-hybridized carbons (Fsp3) is 0.0645. The minimum atomic E-state index is 0.129. The van der Waals surface area contributed by atoms with Crippen molar-refractivity contribution in [1.82, 2.24) is 14.5 Å². The van der Waals surface area contributed by atoms with Gasteiger partial charge in [0.2, 0.25) is 0 Å². The number of aromatic nitrogens is 3. The van der Waals surface area contributed by atoms with Crippen LogP contribution < -0.4 is 0 Å². The molecule has 7 rings (SSSR count). The Labute approximate surface area is 204 Å². The number of benzene rings is 3. The van der Waals surface area contributed by atoms with Gasteiger partial charge in [-0.1, -0.05) is 78.9 Å². The van der Waals surface area contributed by atoms with Crippen LogP contribution >= 0.6 is 0 Å². The van der Waals surface area contributed by atoms with Crippen molar-refractivity contribution in [3.63, 3.8) is 0 Å². The van der Waals surface area contributed by atoms with Crippen molar-refractivity contribution < 1.29 is 0 Å². The van der Waals surface area contributed by atoms with Gasteiger partial charge in [-0.15, -0.1) is 0 Å². The van der Waals surface area contributed by atoms with Crippen molar-refractivity contribution in [3.8, 4) is 39.5 Å². The third kappa shape index (κ3) is 3.18. The molecule has 35 heavy (non-hydrogen) atoms. The highest BCUT2D eigenvalue weighted by atomic mass is 15.1. The van der Waals surface area contributed by atoms with E-state index in [0.29, 0.717) is 0 Å². The van der Waals surface area contributed by atoms with E-state index in [1.165, 1.54) is 22.4 Å². The lowest BCUT2D eigenvalue weighted by Crippen LogP contribution is -2.22. The maximum Gasteiger partial charge on any atom is 0.145 e. The van der Waals surface area contributed by atoms with E-state index < -0.39 is 0 Å². The molecule has 2 aliphatic rings. The first-order valence-electron chi connectivity index (χ1n) is 11.9. The molecule has 3 aromatic carbocycles. The molecular weight excluding hydrogens is 428 g/mol. The molecule has 0 amide bonds. The standard InChI is InChI=1S/C31H22N4/c1-3-8-21(9-4-1)23-12-7-13-24(18-23)35-30-26-15-17-33-20-28(26)27-19-32-16-14-25(27)29(30)34-31(35)22-10-5-2-6-11-22/h1-20,26,28H. The van der Waals surface area contributed by atoms with E-state index in [9.17, 15) is 0 Å². The normalized spacial score (nSPS) is 17.5. The molecule has 0 bridgehead atoms. The number of hydrogen-bond acceptors (Lipinski definition) is 3. The molecule has 4 heteroatoms. The molecule has 2 atom stereocenters. The number of aliphatic imine (C=N–C) groups is 1. The monoisotopic (exact) mass is 450 g/mol. The Morgan fingerprint density at radius 2 is 1.49 bits per heavy atom. The molecule has 0 N–H and O–H groups in total. The fourth-order valence-electron chi connectivity index (χ4n) is 5.36. The highest BCUT2D eigenvalue weighted by molar-refractivity contribution is 5.84. The van der Waals surface area contributed by atoms with Crippen LogP contribution in [0.15, 0.2) is 121 Å². The summed E-state index contributed by atoms with van der Waals surface area (Å²) in [5.41, 5.74) is 9.10. The van der Waals surface area contributed by atoms with Gasteiger partial charge in [0.25, 0.3) is 0 Å². The Hall–Kier alpha value is -4.57. The lowest BCUT2D eigenvalue weighted by molar-refractivity contribution is 0.714. The highest BCUT2D eigenvalue weighted by Gasteiger charge is 2.38. The zero-order chi connectivity index (χ0) is 23.2. The fourth-order valence-corrected chi connectivity index (χ4v) is 5.36. The second-order valence-electron chi connectivity index (χ2n) is 8.94. The van der Waals surface area contributed by atoms with Gasteiger partial charge in [0, 0.05) is 53.5 Å². The van der Waals surface area contributed by atoms with Crippen LogP contribution in [-0.2, 0) is 0 Å². The summed E-state index contributed by atoms with van der Waals surface area (Å²) >= 11 is 0. The van der Waals surface area contributed by atoms with Crippen LogP contribution in [-0.4, -0.2) is 20.7 Å². The Balaban J connectivity index is 1.53. The zero-order valence-corrected chi connectivity index (χ0v) is 19.0. The lowest BCUT2D eigenvalue weighted by Gasteiger charge is -2.31. The third-order valence-corrected chi connectivity index (χ3v) is 6.95. The summed E-state index contributed by atoms with van der Waals surface area (Å²) < 4.78 is 2.35. The predicted molar refractivity (Wildman–Crippen MR) is 141 cm³/mol. The van der Waals surface area contributed by atoms with Crippen molar-refractivity contribution in [3.05, 3.63) is 127 Å². The summed E-state index contributed by atoms with van der Waals surface area (Å²) in [6.45, 7) is 0. The van der Waals surface area contributed by atoms with E-state index in [1.807, 2.05) is 30.9 Å². The van der Waals surface area contributed by atoms with Crippen LogP contribution in [0.25, 0.3) is 39.5 Å². The maximum atomic E-state index is 5.29. The number of pyridine rings is 1. The van der Waals surface area contributed by atoms with E-state index in [-0.39, 0.29) is 11.8 Å². The Bertz CT molecular complexity index is 1600. The third-order valence-electron chi connectivity index (χ3n) is 6.95. The van der Waals surface area contributed by atoms with Gasteiger partial charge in [0.05, 0.1) is 11.4 Å². The van der Waals surface area contributed by atoms with E-state index in [2.05, 4.69) is 106 Å². The van der Waals surface area contributed by atoms with Crippen molar-refractivity contribution >= 4 is 6.21 Å². The first-order chi connectivity index (χ1) is 17.4. The molecule has 2 unspecified atom stereocenters. The largest absolute Gasteiger partial charge is 0.295 e. The summed E-state index contributed by atoms with van der Waals surface area (Å²) in [6.07, 6.45) is 9.99. The maximum absolute atomic E-state index is 5.29. The predicted octanol–water partition coefficient (Wildman–Crippen LogP) is 7.05. The van der Waals surface area contributed by atoms with Gasteiger partial charge >= 0.3 is 0 Å². The van der Waals surface area contributed by atoms with Gasteiger partial charge in [-0.05, 0) is 34.9 Å².